The first-order chi connectivity index (χ1) is 7.16. The summed E-state index contributed by atoms with van der Waals surface area (Å²) in [6.45, 7) is 3.20. The highest BCUT2D eigenvalue weighted by molar-refractivity contribution is 9.10. The van der Waals surface area contributed by atoms with Gasteiger partial charge in [-0.15, -0.1) is 0 Å². The normalized spacial score (nSPS) is 20.4. The van der Waals surface area contributed by atoms with Crippen molar-refractivity contribution in [1.29, 1.82) is 0 Å². The van der Waals surface area contributed by atoms with E-state index in [1.165, 1.54) is 15.6 Å². The molecule has 1 aliphatic heterocycles. The number of halogens is 1. The fourth-order valence-corrected chi connectivity index (χ4v) is 2.63. The fraction of sp³-hybridized carbons (Fsp3) is 0.500. The van der Waals surface area contributed by atoms with Gasteiger partial charge in [-0.05, 0) is 37.4 Å². The van der Waals surface area contributed by atoms with Crippen molar-refractivity contribution in [1.82, 2.24) is 10.2 Å². The van der Waals surface area contributed by atoms with Gasteiger partial charge in [0.25, 0.3) is 0 Å². The Morgan fingerprint density at radius 1 is 1.47 bits per heavy atom. The zero-order valence-corrected chi connectivity index (χ0v) is 10.8. The van der Waals surface area contributed by atoms with E-state index in [0.29, 0.717) is 5.92 Å². The Hall–Kier alpha value is -0.380. The molecule has 1 aromatic rings. The van der Waals surface area contributed by atoms with E-state index in [4.69, 9.17) is 0 Å². The lowest BCUT2D eigenvalue weighted by molar-refractivity contribution is 0.355. The van der Waals surface area contributed by atoms with Crippen LogP contribution in [0.3, 0.4) is 0 Å². The first-order valence-corrected chi connectivity index (χ1v) is 6.10. The molecule has 1 aromatic carbocycles. The van der Waals surface area contributed by atoms with Crippen LogP contribution in [0.4, 0.5) is 0 Å². The van der Waals surface area contributed by atoms with Crippen molar-refractivity contribution in [2.24, 2.45) is 0 Å². The number of benzene rings is 1. The zero-order valence-electron chi connectivity index (χ0n) is 9.26. The molecule has 2 nitrogen and oxygen atoms in total. The molecule has 1 N–H and O–H groups in total. The predicted molar refractivity (Wildman–Crippen MR) is 67.1 cm³/mol. The Kier molecular flexibility index (Phi) is 3.44. The molecule has 1 aliphatic rings. The average Bonchev–Trinajstić information content (AvgIpc) is 2.16. The van der Waals surface area contributed by atoms with Crippen LogP contribution >= 0.6 is 15.9 Å². The van der Waals surface area contributed by atoms with E-state index in [1.54, 1.807) is 0 Å². The maximum Gasteiger partial charge on any atom is 0.0209 e. The molecule has 3 heteroatoms. The summed E-state index contributed by atoms with van der Waals surface area (Å²) in [7, 11) is 4.26. The third-order valence-electron chi connectivity index (χ3n) is 2.84. The standard InChI is InChI=1S/C12H17BrN2/c1-15(2)8-10-7-14-6-9-5-11(13)3-4-12(9)10/h3-5,10,14H,6-8H2,1-2H3. The number of hydrogen-bond donors (Lipinski definition) is 1. The van der Waals surface area contributed by atoms with E-state index >= 15 is 0 Å². The summed E-state index contributed by atoms with van der Waals surface area (Å²) in [4.78, 5) is 2.25. The fourth-order valence-electron chi connectivity index (χ4n) is 2.22. The van der Waals surface area contributed by atoms with Crippen LogP contribution in [-0.4, -0.2) is 32.1 Å². The molecule has 0 radical (unpaired) electrons. The van der Waals surface area contributed by atoms with Crippen molar-refractivity contribution >= 4 is 15.9 Å². The smallest absolute Gasteiger partial charge is 0.0209 e. The Morgan fingerprint density at radius 3 is 3.00 bits per heavy atom. The molecule has 15 heavy (non-hydrogen) atoms. The molecule has 82 valence electrons. The van der Waals surface area contributed by atoms with Gasteiger partial charge in [0.05, 0.1) is 0 Å². The Balaban J connectivity index is 2.26. The Bertz CT molecular complexity index is 349. The minimum absolute atomic E-state index is 0.622. The third kappa shape index (κ3) is 2.60. The van der Waals surface area contributed by atoms with Gasteiger partial charge in [0.15, 0.2) is 0 Å². The van der Waals surface area contributed by atoms with Crippen molar-refractivity contribution in [2.75, 3.05) is 27.2 Å². The number of fused-ring (bicyclic) bond motifs is 1. The molecule has 0 fully saturated rings. The van der Waals surface area contributed by atoms with Crippen LogP contribution in [0.1, 0.15) is 17.0 Å². The van der Waals surface area contributed by atoms with Gasteiger partial charge in [0, 0.05) is 30.0 Å². The van der Waals surface area contributed by atoms with Crippen LogP contribution in [0.25, 0.3) is 0 Å². The molecule has 0 amide bonds. The van der Waals surface area contributed by atoms with E-state index in [9.17, 15) is 0 Å². The lowest BCUT2D eigenvalue weighted by Crippen LogP contribution is -2.34. The van der Waals surface area contributed by atoms with Gasteiger partial charge in [0.2, 0.25) is 0 Å². The van der Waals surface area contributed by atoms with Gasteiger partial charge in [-0.2, -0.15) is 0 Å². The molecule has 0 aliphatic carbocycles. The summed E-state index contributed by atoms with van der Waals surface area (Å²) in [5.41, 5.74) is 2.94. The molecule has 1 heterocycles. The third-order valence-corrected chi connectivity index (χ3v) is 3.33. The number of likely N-dealkylation sites (N-methyl/N-ethyl adjacent to an activating group) is 1. The van der Waals surface area contributed by atoms with Crippen molar-refractivity contribution in [3.8, 4) is 0 Å². The number of hydrogen-bond acceptors (Lipinski definition) is 2. The number of nitrogens with zero attached hydrogens (tertiary/aromatic N) is 1. The van der Waals surface area contributed by atoms with E-state index in [2.05, 4.69) is 58.4 Å². The molecule has 0 saturated heterocycles. The van der Waals surface area contributed by atoms with Gasteiger partial charge in [0.1, 0.15) is 0 Å². The minimum atomic E-state index is 0.622. The second-order valence-corrected chi connectivity index (χ2v) is 5.35. The average molecular weight is 269 g/mol. The van der Waals surface area contributed by atoms with Crippen molar-refractivity contribution in [3.05, 3.63) is 33.8 Å². The predicted octanol–water partition coefficient (Wildman–Crippen LogP) is 2.20. The molecule has 0 spiro atoms. The van der Waals surface area contributed by atoms with Crippen LogP contribution in [0.5, 0.6) is 0 Å². The molecule has 0 bridgehead atoms. The number of rotatable bonds is 2. The first kappa shape index (κ1) is 11.1. The second-order valence-electron chi connectivity index (χ2n) is 4.43. The van der Waals surface area contributed by atoms with Gasteiger partial charge >= 0.3 is 0 Å². The highest BCUT2D eigenvalue weighted by Crippen LogP contribution is 2.26. The SMILES string of the molecule is CN(C)CC1CNCc2cc(Br)ccc21. The van der Waals surface area contributed by atoms with Crippen molar-refractivity contribution < 1.29 is 0 Å². The lowest BCUT2D eigenvalue weighted by atomic mass is 9.90. The van der Waals surface area contributed by atoms with Crippen LogP contribution in [0, 0.1) is 0 Å². The minimum Gasteiger partial charge on any atom is -0.312 e. The van der Waals surface area contributed by atoms with Crippen LogP contribution in [0.15, 0.2) is 22.7 Å². The van der Waals surface area contributed by atoms with Crippen LogP contribution in [-0.2, 0) is 6.54 Å². The Labute approximate surface area is 99.8 Å². The van der Waals surface area contributed by atoms with Crippen molar-refractivity contribution in [2.45, 2.75) is 12.5 Å². The number of nitrogens with one attached hydrogen (secondary N) is 1. The molecule has 2 rings (SSSR count). The summed E-state index contributed by atoms with van der Waals surface area (Å²) in [5, 5.41) is 3.48. The largest absolute Gasteiger partial charge is 0.312 e. The highest BCUT2D eigenvalue weighted by Gasteiger charge is 2.20. The summed E-state index contributed by atoms with van der Waals surface area (Å²) in [6.07, 6.45) is 0. The van der Waals surface area contributed by atoms with E-state index in [-0.39, 0.29) is 0 Å². The van der Waals surface area contributed by atoms with Gasteiger partial charge in [-0.1, -0.05) is 22.0 Å². The van der Waals surface area contributed by atoms with E-state index in [1.807, 2.05) is 0 Å². The van der Waals surface area contributed by atoms with Crippen LogP contribution < -0.4 is 5.32 Å². The quantitative estimate of drug-likeness (QED) is 0.885. The van der Waals surface area contributed by atoms with Gasteiger partial charge in [-0.25, -0.2) is 0 Å². The highest BCUT2D eigenvalue weighted by atomic mass is 79.9. The van der Waals surface area contributed by atoms with E-state index in [0.717, 1.165) is 19.6 Å². The molecule has 1 unspecified atom stereocenters. The first-order valence-electron chi connectivity index (χ1n) is 5.30. The zero-order chi connectivity index (χ0) is 10.8. The molecule has 0 saturated carbocycles. The maximum atomic E-state index is 3.52. The maximum absolute atomic E-state index is 3.52. The summed E-state index contributed by atoms with van der Waals surface area (Å²) >= 11 is 3.52. The second kappa shape index (κ2) is 4.64. The summed E-state index contributed by atoms with van der Waals surface area (Å²) < 4.78 is 1.17. The molecular formula is C12H17BrN2. The van der Waals surface area contributed by atoms with Gasteiger partial charge in [-0.3, -0.25) is 0 Å². The van der Waals surface area contributed by atoms with Crippen molar-refractivity contribution in [3.63, 3.8) is 0 Å². The molecule has 0 aromatic heterocycles. The summed E-state index contributed by atoms with van der Waals surface area (Å²) in [6, 6.07) is 6.63. The monoisotopic (exact) mass is 268 g/mol. The topological polar surface area (TPSA) is 15.3 Å². The van der Waals surface area contributed by atoms with Gasteiger partial charge < -0.3 is 10.2 Å². The summed E-state index contributed by atoms with van der Waals surface area (Å²) in [5.74, 6) is 0.622. The molecule has 1 atom stereocenters. The van der Waals surface area contributed by atoms with E-state index < -0.39 is 0 Å². The Morgan fingerprint density at radius 2 is 2.27 bits per heavy atom. The van der Waals surface area contributed by atoms with Crippen LogP contribution in [0.2, 0.25) is 0 Å². The lowest BCUT2D eigenvalue weighted by Gasteiger charge is -2.28. The molecular weight excluding hydrogens is 252 g/mol.